The number of nitrogens with zero attached hydrogens (tertiary/aromatic N) is 2. The molecule has 0 aliphatic carbocycles. The van der Waals surface area contributed by atoms with Crippen LogP contribution in [0.1, 0.15) is 49.7 Å². The van der Waals surface area contributed by atoms with Gasteiger partial charge >= 0.3 is 0 Å². The van der Waals surface area contributed by atoms with Crippen LogP contribution in [0.4, 0.5) is 0 Å². The SMILES string of the molecule is N#CCC(=O)NCc1cccc(CN2CCCCCCC2)c1. The van der Waals surface area contributed by atoms with Gasteiger partial charge in [-0.15, -0.1) is 0 Å². The molecule has 4 nitrogen and oxygen atoms in total. The van der Waals surface area contributed by atoms with E-state index in [0.717, 1.165) is 12.1 Å². The van der Waals surface area contributed by atoms with Crippen LogP contribution in [0, 0.1) is 11.3 Å². The average molecular weight is 299 g/mol. The lowest BCUT2D eigenvalue weighted by Crippen LogP contribution is -2.27. The van der Waals surface area contributed by atoms with E-state index in [1.54, 1.807) is 0 Å². The van der Waals surface area contributed by atoms with Gasteiger partial charge in [0.05, 0.1) is 6.07 Å². The van der Waals surface area contributed by atoms with Crippen molar-refractivity contribution in [1.29, 1.82) is 5.26 Å². The summed E-state index contributed by atoms with van der Waals surface area (Å²) in [5.41, 5.74) is 2.39. The molecule has 1 fully saturated rings. The van der Waals surface area contributed by atoms with Gasteiger partial charge in [0.25, 0.3) is 0 Å². The van der Waals surface area contributed by atoms with Gasteiger partial charge in [-0.2, -0.15) is 5.26 Å². The topological polar surface area (TPSA) is 56.1 Å². The molecule has 1 aliphatic heterocycles. The molecule has 22 heavy (non-hydrogen) atoms. The van der Waals surface area contributed by atoms with Crippen LogP contribution in [0.3, 0.4) is 0 Å². The van der Waals surface area contributed by atoms with Crippen LogP contribution in [0.15, 0.2) is 24.3 Å². The van der Waals surface area contributed by atoms with E-state index in [1.807, 2.05) is 18.2 Å². The van der Waals surface area contributed by atoms with Crippen LogP contribution < -0.4 is 5.32 Å². The maximum atomic E-state index is 11.3. The van der Waals surface area contributed by atoms with Crippen LogP contribution in [-0.2, 0) is 17.9 Å². The third kappa shape index (κ3) is 5.87. The van der Waals surface area contributed by atoms with Crippen molar-refractivity contribution in [3.05, 3.63) is 35.4 Å². The first kappa shape index (κ1) is 16.5. The molecule has 0 saturated carbocycles. The first-order valence-corrected chi connectivity index (χ1v) is 8.22. The van der Waals surface area contributed by atoms with Gasteiger partial charge in [-0.1, -0.05) is 43.5 Å². The average Bonchev–Trinajstić information content (AvgIpc) is 2.49. The second-order valence-corrected chi connectivity index (χ2v) is 5.98. The molecule has 1 amide bonds. The molecule has 1 saturated heterocycles. The van der Waals surface area contributed by atoms with Crippen LogP contribution in [0.2, 0.25) is 0 Å². The van der Waals surface area contributed by atoms with Gasteiger partial charge in [0.1, 0.15) is 6.42 Å². The lowest BCUT2D eigenvalue weighted by molar-refractivity contribution is -0.120. The number of carbonyl (C=O) groups is 1. The minimum Gasteiger partial charge on any atom is -0.351 e. The lowest BCUT2D eigenvalue weighted by atomic mass is 10.1. The number of hydrogen-bond acceptors (Lipinski definition) is 3. The van der Waals surface area contributed by atoms with Crippen molar-refractivity contribution in [2.75, 3.05) is 13.1 Å². The first-order valence-electron chi connectivity index (χ1n) is 8.22. The van der Waals surface area contributed by atoms with Gasteiger partial charge in [-0.3, -0.25) is 9.69 Å². The molecule has 4 heteroatoms. The number of hydrogen-bond donors (Lipinski definition) is 1. The quantitative estimate of drug-likeness (QED) is 0.909. The number of nitrogens with one attached hydrogen (secondary N) is 1. The number of benzene rings is 1. The molecule has 1 N–H and O–H groups in total. The van der Waals surface area contributed by atoms with E-state index in [1.165, 1.54) is 50.8 Å². The standard InChI is InChI=1S/C18H25N3O/c19-10-9-18(22)20-14-16-7-6-8-17(13-16)15-21-11-4-2-1-3-5-12-21/h6-8,13H,1-5,9,11-12,14-15H2,(H,20,22). The molecular formula is C18H25N3O. The highest BCUT2D eigenvalue weighted by Crippen LogP contribution is 2.14. The Morgan fingerprint density at radius 1 is 1.14 bits per heavy atom. The van der Waals surface area contributed by atoms with Crippen LogP contribution in [0.5, 0.6) is 0 Å². The van der Waals surface area contributed by atoms with Crippen molar-refractivity contribution in [3.8, 4) is 6.07 Å². The third-order valence-electron chi connectivity index (χ3n) is 4.08. The number of carbonyl (C=O) groups excluding carboxylic acids is 1. The van der Waals surface area contributed by atoms with Gasteiger partial charge in [0, 0.05) is 13.1 Å². The lowest BCUT2D eigenvalue weighted by Gasteiger charge is -2.24. The molecule has 1 aromatic carbocycles. The molecule has 0 radical (unpaired) electrons. The molecule has 0 spiro atoms. The molecule has 0 aromatic heterocycles. The van der Waals surface area contributed by atoms with Crippen molar-refractivity contribution < 1.29 is 4.79 Å². The van der Waals surface area contributed by atoms with E-state index >= 15 is 0 Å². The van der Waals surface area contributed by atoms with E-state index < -0.39 is 0 Å². The molecule has 2 rings (SSSR count). The van der Waals surface area contributed by atoms with Crippen LogP contribution in [-0.4, -0.2) is 23.9 Å². The predicted octanol–water partition coefficient (Wildman–Crippen LogP) is 2.98. The van der Waals surface area contributed by atoms with Gasteiger partial charge in [-0.25, -0.2) is 0 Å². The zero-order valence-corrected chi connectivity index (χ0v) is 13.2. The van der Waals surface area contributed by atoms with Crippen molar-refractivity contribution in [3.63, 3.8) is 0 Å². The Morgan fingerprint density at radius 2 is 1.82 bits per heavy atom. The fraction of sp³-hybridized carbons (Fsp3) is 0.556. The molecule has 118 valence electrons. The Bertz CT molecular complexity index is 513. The van der Waals surface area contributed by atoms with E-state index in [0.29, 0.717) is 6.54 Å². The molecule has 1 heterocycles. The van der Waals surface area contributed by atoms with Gasteiger partial charge in [0.15, 0.2) is 0 Å². The summed E-state index contributed by atoms with van der Waals surface area (Å²) < 4.78 is 0. The maximum Gasteiger partial charge on any atom is 0.234 e. The molecular weight excluding hydrogens is 274 g/mol. The fourth-order valence-electron chi connectivity index (χ4n) is 2.90. The zero-order chi connectivity index (χ0) is 15.6. The second kappa shape index (κ2) is 9.22. The highest BCUT2D eigenvalue weighted by atomic mass is 16.1. The summed E-state index contributed by atoms with van der Waals surface area (Å²) in [6.07, 6.45) is 6.59. The van der Waals surface area contributed by atoms with Crippen molar-refractivity contribution in [2.24, 2.45) is 0 Å². The second-order valence-electron chi connectivity index (χ2n) is 5.98. The van der Waals surface area contributed by atoms with Gasteiger partial charge in [0.2, 0.25) is 5.91 Å². The van der Waals surface area contributed by atoms with Crippen molar-refractivity contribution in [1.82, 2.24) is 10.2 Å². The summed E-state index contributed by atoms with van der Waals surface area (Å²) >= 11 is 0. The van der Waals surface area contributed by atoms with Crippen molar-refractivity contribution >= 4 is 5.91 Å². The smallest absolute Gasteiger partial charge is 0.234 e. The molecule has 0 unspecified atom stereocenters. The Morgan fingerprint density at radius 3 is 2.55 bits per heavy atom. The summed E-state index contributed by atoms with van der Waals surface area (Å²) in [6, 6.07) is 10.2. The summed E-state index contributed by atoms with van der Waals surface area (Å²) in [5, 5.41) is 11.3. The van der Waals surface area contributed by atoms with Gasteiger partial charge < -0.3 is 5.32 Å². The van der Waals surface area contributed by atoms with E-state index in [9.17, 15) is 4.79 Å². The van der Waals surface area contributed by atoms with E-state index in [-0.39, 0.29) is 12.3 Å². The first-order chi connectivity index (χ1) is 10.8. The normalized spacial score (nSPS) is 16.3. The third-order valence-corrected chi connectivity index (χ3v) is 4.08. The Balaban J connectivity index is 1.87. The predicted molar refractivity (Wildman–Crippen MR) is 86.9 cm³/mol. The summed E-state index contributed by atoms with van der Waals surface area (Å²) in [6.45, 7) is 3.85. The van der Waals surface area contributed by atoms with Gasteiger partial charge in [-0.05, 0) is 37.1 Å². The molecule has 0 bridgehead atoms. The van der Waals surface area contributed by atoms with E-state index in [4.69, 9.17) is 5.26 Å². The summed E-state index contributed by atoms with van der Waals surface area (Å²) in [5.74, 6) is -0.211. The van der Waals surface area contributed by atoms with Crippen LogP contribution >= 0.6 is 0 Å². The highest BCUT2D eigenvalue weighted by molar-refractivity contribution is 5.77. The van der Waals surface area contributed by atoms with Crippen LogP contribution in [0.25, 0.3) is 0 Å². The Hall–Kier alpha value is -1.86. The summed E-state index contributed by atoms with van der Waals surface area (Å²) in [7, 11) is 0. The maximum absolute atomic E-state index is 11.3. The monoisotopic (exact) mass is 299 g/mol. The number of likely N-dealkylation sites (tertiary alicyclic amines) is 1. The Kier molecular flexibility index (Phi) is 6.92. The largest absolute Gasteiger partial charge is 0.351 e. The molecule has 0 atom stereocenters. The van der Waals surface area contributed by atoms with Crippen molar-refractivity contribution in [2.45, 2.75) is 51.6 Å². The minimum atomic E-state index is -0.211. The number of amides is 1. The number of nitriles is 1. The fourth-order valence-corrected chi connectivity index (χ4v) is 2.90. The molecule has 1 aromatic rings. The van der Waals surface area contributed by atoms with E-state index in [2.05, 4.69) is 22.3 Å². The molecule has 1 aliphatic rings. The minimum absolute atomic E-state index is 0.0759. The number of rotatable bonds is 5. The summed E-state index contributed by atoms with van der Waals surface area (Å²) in [4.78, 5) is 13.9. The highest BCUT2D eigenvalue weighted by Gasteiger charge is 2.09. The zero-order valence-electron chi connectivity index (χ0n) is 13.2. The Labute approximate surface area is 133 Å².